The highest BCUT2D eigenvalue weighted by molar-refractivity contribution is 5.88. The second-order valence-corrected chi connectivity index (χ2v) is 8.08. The fourth-order valence-corrected chi connectivity index (χ4v) is 3.54. The molecule has 0 aliphatic carbocycles. The fourth-order valence-electron chi connectivity index (χ4n) is 3.54. The van der Waals surface area contributed by atoms with Gasteiger partial charge in [0.2, 0.25) is 0 Å². The van der Waals surface area contributed by atoms with Gasteiger partial charge in [0.15, 0.2) is 17.2 Å². The van der Waals surface area contributed by atoms with Crippen LogP contribution in [0, 0.1) is 19.8 Å². The van der Waals surface area contributed by atoms with Crippen molar-refractivity contribution in [3.05, 3.63) is 72.1 Å². The zero-order valence-corrected chi connectivity index (χ0v) is 19.5. The standard InChI is InChI=1S/C27H28N2O5/c1-17-11-26(27(29-18(17)2)20-7-5-4-6-8-20)34-23-9-10-28-22-13-25(24(32-3)12-21(22)23)33-16-19(14-30)15-31/h4-13,19,30-31H,14-16H2,1-3H3. The number of aliphatic hydroxyl groups excluding tert-OH is 2. The average molecular weight is 461 g/mol. The van der Waals surface area contributed by atoms with Crippen molar-refractivity contribution < 1.29 is 24.4 Å². The number of aryl methyl sites for hydroxylation is 2. The van der Waals surface area contributed by atoms with Crippen molar-refractivity contribution in [3.8, 4) is 34.3 Å². The molecule has 0 unspecified atom stereocenters. The molecule has 34 heavy (non-hydrogen) atoms. The Labute approximate surface area is 198 Å². The number of hydrogen-bond acceptors (Lipinski definition) is 7. The maximum atomic E-state index is 9.31. The molecule has 0 aliphatic rings. The Bertz CT molecular complexity index is 1270. The maximum absolute atomic E-state index is 9.31. The molecule has 2 aromatic heterocycles. The first-order chi connectivity index (χ1) is 16.5. The van der Waals surface area contributed by atoms with Gasteiger partial charge in [-0.2, -0.15) is 0 Å². The summed E-state index contributed by atoms with van der Waals surface area (Å²) in [5.41, 5.74) is 4.37. The van der Waals surface area contributed by atoms with E-state index in [1.54, 1.807) is 25.4 Å². The van der Waals surface area contributed by atoms with Gasteiger partial charge in [-0.15, -0.1) is 0 Å². The summed E-state index contributed by atoms with van der Waals surface area (Å²) < 4.78 is 17.8. The lowest BCUT2D eigenvalue weighted by Crippen LogP contribution is -2.19. The minimum Gasteiger partial charge on any atom is -0.493 e. The Kier molecular flexibility index (Phi) is 7.25. The topological polar surface area (TPSA) is 93.9 Å². The lowest BCUT2D eigenvalue weighted by atomic mass is 10.1. The zero-order valence-electron chi connectivity index (χ0n) is 19.5. The van der Waals surface area contributed by atoms with Crippen LogP contribution in [-0.4, -0.2) is 47.1 Å². The van der Waals surface area contributed by atoms with Crippen LogP contribution in [0.2, 0.25) is 0 Å². The molecule has 7 heteroatoms. The number of ether oxygens (including phenoxy) is 3. The van der Waals surface area contributed by atoms with Crippen LogP contribution in [0.3, 0.4) is 0 Å². The highest BCUT2D eigenvalue weighted by Gasteiger charge is 2.17. The number of aromatic nitrogens is 2. The van der Waals surface area contributed by atoms with Crippen molar-refractivity contribution in [1.82, 2.24) is 9.97 Å². The molecule has 2 aromatic carbocycles. The second kappa shape index (κ2) is 10.5. The third kappa shape index (κ3) is 4.95. The summed E-state index contributed by atoms with van der Waals surface area (Å²) >= 11 is 0. The van der Waals surface area contributed by atoms with Gasteiger partial charge in [0.1, 0.15) is 11.4 Å². The zero-order chi connectivity index (χ0) is 24.1. The number of pyridine rings is 2. The molecular formula is C27H28N2O5. The van der Waals surface area contributed by atoms with Gasteiger partial charge in [0, 0.05) is 34.8 Å². The van der Waals surface area contributed by atoms with E-state index in [-0.39, 0.29) is 25.7 Å². The average Bonchev–Trinajstić information content (AvgIpc) is 2.87. The molecule has 4 aromatic rings. The lowest BCUT2D eigenvalue weighted by molar-refractivity contribution is 0.105. The summed E-state index contributed by atoms with van der Waals surface area (Å²) in [6, 6.07) is 17.3. The maximum Gasteiger partial charge on any atom is 0.163 e. The van der Waals surface area contributed by atoms with Gasteiger partial charge in [0.05, 0.1) is 32.4 Å². The van der Waals surface area contributed by atoms with Crippen LogP contribution >= 0.6 is 0 Å². The Morgan fingerprint density at radius 2 is 1.65 bits per heavy atom. The lowest BCUT2D eigenvalue weighted by Gasteiger charge is -2.17. The number of nitrogens with zero attached hydrogens (tertiary/aromatic N) is 2. The molecular weight excluding hydrogens is 432 g/mol. The van der Waals surface area contributed by atoms with Gasteiger partial charge in [-0.25, -0.2) is 4.98 Å². The van der Waals surface area contributed by atoms with Gasteiger partial charge < -0.3 is 24.4 Å². The van der Waals surface area contributed by atoms with E-state index < -0.39 is 0 Å². The minimum absolute atomic E-state index is 0.153. The third-order valence-electron chi connectivity index (χ3n) is 5.68. The first-order valence-electron chi connectivity index (χ1n) is 11.1. The fraction of sp³-hybridized carbons (Fsp3) is 0.259. The molecule has 7 nitrogen and oxygen atoms in total. The van der Waals surface area contributed by atoms with Crippen molar-refractivity contribution in [3.63, 3.8) is 0 Å². The largest absolute Gasteiger partial charge is 0.493 e. The Morgan fingerprint density at radius 3 is 2.35 bits per heavy atom. The van der Waals surface area contributed by atoms with Crippen molar-refractivity contribution in [2.75, 3.05) is 26.9 Å². The van der Waals surface area contributed by atoms with Gasteiger partial charge in [-0.1, -0.05) is 30.3 Å². The summed E-state index contributed by atoms with van der Waals surface area (Å²) in [5, 5.41) is 19.4. The van der Waals surface area contributed by atoms with E-state index >= 15 is 0 Å². The van der Waals surface area contributed by atoms with Crippen LogP contribution in [0.5, 0.6) is 23.0 Å². The molecule has 4 rings (SSSR count). The van der Waals surface area contributed by atoms with Gasteiger partial charge >= 0.3 is 0 Å². The summed E-state index contributed by atoms with van der Waals surface area (Å²) in [5.74, 6) is 1.86. The number of hydrogen-bond donors (Lipinski definition) is 2. The van der Waals surface area contributed by atoms with Gasteiger partial charge in [-0.05, 0) is 37.6 Å². The van der Waals surface area contributed by atoms with Crippen LogP contribution in [-0.2, 0) is 0 Å². The van der Waals surface area contributed by atoms with Crippen LogP contribution in [0.4, 0.5) is 0 Å². The van der Waals surface area contributed by atoms with Crippen molar-refractivity contribution in [2.24, 2.45) is 5.92 Å². The van der Waals surface area contributed by atoms with E-state index in [2.05, 4.69) is 4.98 Å². The Morgan fingerprint density at radius 1 is 0.882 bits per heavy atom. The molecule has 0 saturated carbocycles. The Balaban J connectivity index is 1.74. The number of aliphatic hydroxyl groups is 2. The van der Waals surface area contributed by atoms with Crippen molar-refractivity contribution in [1.29, 1.82) is 0 Å². The van der Waals surface area contributed by atoms with E-state index in [0.717, 1.165) is 27.9 Å². The van der Waals surface area contributed by atoms with E-state index in [4.69, 9.17) is 19.2 Å². The summed E-state index contributed by atoms with van der Waals surface area (Å²) in [6.07, 6.45) is 1.68. The Hall–Kier alpha value is -3.68. The molecule has 0 fully saturated rings. The monoisotopic (exact) mass is 460 g/mol. The SMILES string of the molecule is COc1cc2c(Oc3cc(C)c(C)nc3-c3ccccc3)ccnc2cc1OCC(CO)CO. The molecule has 2 N–H and O–H groups in total. The summed E-state index contributed by atoms with van der Waals surface area (Å²) in [6.45, 7) is 3.80. The van der Waals surface area contributed by atoms with E-state index in [1.807, 2.05) is 56.3 Å². The first-order valence-corrected chi connectivity index (χ1v) is 11.1. The number of fused-ring (bicyclic) bond motifs is 1. The minimum atomic E-state index is -0.378. The van der Waals surface area contributed by atoms with Gasteiger partial charge in [-0.3, -0.25) is 4.98 Å². The smallest absolute Gasteiger partial charge is 0.163 e. The highest BCUT2D eigenvalue weighted by Crippen LogP contribution is 2.39. The van der Waals surface area contributed by atoms with E-state index in [0.29, 0.717) is 28.5 Å². The van der Waals surface area contributed by atoms with Crippen molar-refractivity contribution >= 4 is 10.9 Å². The van der Waals surface area contributed by atoms with E-state index in [9.17, 15) is 10.2 Å². The first kappa shape index (κ1) is 23.5. The predicted octanol–water partition coefficient (Wildman–Crippen LogP) is 4.69. The molecule has 0 bridgehead atoms. The second-order valence-electron chi connectivity index (χ2n) is 8.08. The van der Waals surface area contributed by atoms with Gasteiger partial charge in [0.25, 0.3) is 0 Å². The van der Waals surface area contributed by atoms with Crippen LogP contribution in [0.15, 0.2) is 60.8 Å². The normalized spacial score (nSPS) is 11.1. The molecule has 0 spiro atoms. The quantitative estimate of drug-likeness (QED) is 0.374. The molecule has 0 atom stereocenters. The molecule has 0 amide bonds. The van der Waals surface area contributed by atoms with Crippen molar-refractivity contribution in [2.45, 2.75) is 13.8 Å². The van der Waals surface area contributed by atoms with Crippen LogP contribution in [0.25, 0.3) is 22.2 Å². The molecule has 0 radical (unpaired) electrons. The third-order valence-corrected chi connectivity index (χ3v) is 5.68. The number of methoxy groups -OCH3 is 1. The molecule has 0 aliphatic heterocycles. The van der Waals surface area contributed by atoms with Crippen LogP contribution < -0.4 is 14.2 Å². The molecule has 0 saturated heterocycles. The predicted molar refractivity (Wildman–Crippen MR) is 131 cm³/mol. The number of benzene rings is 2. The van der Waals surface area contributed by atoms with Crippen LogP contribution in [0.1, 0.15) is 11.3 Å². The van der Waals surface area contributed by atoms with E-state index in [1.165, 1.54) is 0 Å². The number of rotatable bonds is 9. The molecule has 176 valence electrons. The summed E-state index contributed by atoms with van der Waals surface area (Å²) in [7, 11) is 1.56. The molecule has 2 heterocycles. The summed E-state index contributed by atoms with van der Waals surface area (Å²) in [4.78, 5) is 9.27. The highest BCUT2D eigenvalue weighted by atomic mass is 16.5.